The zero-order chi connectivity index (χ0) is 19.5. The van der Waals surface area contributed by atoms with Crippen LogP contribution >= 0.6 is 0 Å². The number of rotatable bonds is 6. The number of carbonyl (C=O) groups is 1. The second kappa shape index (κ2) is 7.52. The van der Waals surface area contributed by atoms with Crippen LogP contribution in [0.1, 0.15) is 11.1 Å². The molecule has 0 amide bonds. The minimum absolute atomic E-state index is 0.249. The number of hydrogen-bond donors (Lipinski definition) is 0. The Morgan fingerprint density at radius 2 is 1.85 bits per heavy atom. The van der Waals surface area contributed by atoms with Crippen molar-refractivity contribution >= 4 is 27.4 Å². The third-order valence-corrected chi connectivity index (χ3v) is 5.56. The van der Waals surface area contributed by atoms with Gasteiger partial charge in [0.1, 0.15) is 6.54 Å². The number of nitro groups is 1. The number of anilines is 1. The van der Waals surface area contributed by atoms with Crippen molar-refractivity contribution in [3.63, 3.8) is 0 Å². The van der Waals surface area contributed by atoms with Gasteiger partial charge in [0.15, 0.2) is 4.90 Å². The lowest BCUT2D eigenvalue weighted by molar-refractivity contribution is -0.387. The molecule has 0 radical (unpaired) electrons. The number of ether oxygens (including phenoxy) is 1. The molecule has 26 heavy (non-hydrogen) atoms. The van der Waals surface area contributed by atoms with Crippen LogP contribution in [0.15, 0.2) is 47.4 Å². The third kappa shape index (κ3) is 3.83. The molecule has 0 atom stereocenters. The molecule has 0 spiro atoms. The fourth-order valence-corrected chi connectivity index (χ4v) is 4.15. The Labute approximate surface area is 151 Å². The molecule has 0 saturated carbocycles. The van der Waals surface area contributed by atoms with Gasteiger partial charge in [0.2, 0.25) is 0 Å². The third-order valence-electron chi connectivity index (χ3n) is 3.75. The number of nitrogens with zero attached hydrogens (tertiary/aromatic N) is 2. The summed E-state index contributed by atoms with van der Waals surface area (Å²) in [6, 6.07) is 10.0. The Hall–Kier alpha value is -2.94. The van der Waals surface area contributed by atoms with Crippen LogP contribution in [0.3, 0.4) is 0 Å². The van der Waals surface area contributed by atoms with Crippen molar-refractivity contribution in [2.24, 2.45) is 0 Å². The Balaban J connectivity index is 2.68. The highest BCUT2D eigenvalue weighted by atomic mass is 32.2. The number of carbonyl (C=O) groups excluding carboxylic acids is 1. The summed E-state index contributed by atoms with van der Waals surface area (Å²) in [6.07, 6.45) is 0. The van der Waals surface area contributed by atoms with Crippen LogP contribution in [0, 0.1) is 24.0 Å². The minimum atomic E-state index is -4.38. The minimum Gasteiger partial charge on any atom is -0.468 e. The van der Waals surface area contributed by atoms with Gasteiger partial charge in [-0.2, -0.15) is 0 Å². The fourth-order valence-electron chi connectivity index (χ4n) is 2.51. The number of esters is 1. The zero-order valence-corrected chi connectivity index (χ0v) is 15.3. The van der Waals surface area contributed by atoms with Gasteiger partial charge in [-0.25, -0.2) is 8.42 Å². The number of hydrogen-bond acceptors (Lipinski definition) is 6. The molecule has 138 valence electrons. The quantitative estimate of drug-likeness (QED) is 0.434. The highest BCUT2D eigenvalue weighted by Crippen LogP contribution is 2.31. The lowest BCUT2D eigenvalue weighted by Gasteiger charge is -2.25. The molecule has 0 aliphatic rings. The second-order valence-corrected chi connectivity index (χ2v) is 7.43. The van der Waals surface area contributed by atoms with E-state index in [1.54, 1.807) is 25.1 Å². The number of aryl methyl sites for hydroxylation is 2. The summed E-state index contributed by atoms with van der Waals surface area (Å²) in [5.74, 6) is -0.785. The lowest BCUT2D eigenvalue weighted by Crippen LogP contribution is -2.37. The first-order chi connectivity index (χ1) is 12.2. The molecule has 0 heterocycles. The van der Waals surface area contributed by atoms with Crippen LogP contribution in [0.2, 0.25) is 0 Å². The smallest absolute Gasteiger partial charge is 0.326 e. The van der Waals surface area contributed by atoms with Crippen LogP contribution in [0.25, 0.3) is 0 Å². The molecule has 0 bridgehead atoms. The van der Waals surface area contributed by atoms with E-state index < -0.39 is 38.0 Å². The van der Waals surface area contributed by atoms with Gasteiger partial charge in [0, 0.05) is 6.07 Å². The maximum atomic E-state index is 13.2. The van der Waals surface area contributed by atoms with E-state index in [-0.39, 0.29) is 5.69 Å². The van der Waals surface area contributed by atoms with Crippen molar-refractivity contribution in [2.75, 3.05) is 18.0 Å². The molecule has 0 fully saturated rings. The van der Waals surface area contributed by atoms with E-state index >= 15 is 0 Å². The summed E-state index contributed by atoms with van der Waals surface area (Å²) in [5, 5.41) is 11.2. The monoisotopic (exact) mass is 378 g/mol. The van der Waals surface area contributed by atoms with Gasteiger partial charge in [-0.05, 0) is 31.5 Å². The number of para-hydroxylation sites is 1. The molecule has 0 unspecified atom stereocenters. The molecular formula is C17H18N2O6S. The summed E-state index contributed by atoms with van der Waals surface area (Å²) in [6.45, 7) is 2.94. The average Bonchev–Trinajstić information content (AvgIpc) is 2.59. The predicted molar refractivity (Wildman–Crippen MR) is 95.6 cm³/mol. The van der Waals surface area contributed by atoms with Crippen molar-refractivity contribution < 1.29 is 22.9 Å². The maximum absolute atomic E-state index is 13.2. The Morgan fingerprint density at radius 3 is 2.42 bits per heavy atom. The van der Waals surface area contributed by atoms with Crippen molar-refractivity contribution in [3.05, 3.63) is 63.7 Å². The molecule has 2 rings (SSSR count). The Kier molecular flexibility index (Phi) is 5.61. The van der Waals surface area contributed by atoms with Gasteiger partial charge in [-0.3, -0.25) is 19.2 Å². The standard InChI is InChI=1S/C17H18N2O6S/c1-12-8-9-14(13(2)10-12)18(11-17(20)25-3)26(23,24)16-7-5-4-6-15(16)19(21)22/h4-10H,11H2,1-3H3. The molecule has 9 heteroatoms. The first-order valence-corrected chi connectivity index (χ1v) is 9.02. The van der Waals surface area contributed by atoms with E-state index in [0.717, 1.165) is 29.1 Å². The van der Waals surface area contributed by atoms with Gasteiger partial charge in [0.25, 0.3) is 15.7 Å². The highest BCUT2D eigenvalue weighted by molar-refractivity contribution is 7.93. The lowest BCUT2D eigenvalue weighted by atomic mass is 10.1. The van der Waals surface area contributed by atoms with Gasteiger partial charge >= 0.3 is 5.97 Å². The summed E-state index contributed by atoms with van der Waals surface area (Å²) in [4.78, 5) is 21.8. The van der Waals surface area contributed by atoms with Gasteiger partial charge < -0.3 is 4.74 Å². The first-order valence-electron chi connectivity index (χ1n) is 7.58. The molecule has 0 aliphatic heterocycles. The van der Waals surface area contributed by atoms with E-state index in [1.165, 1.54) is 12.1 Å². The fraction of sp³-hybridized carbons (Fsp3) is 0.235. The van der Waals surface area contributed by atoms with E-state index in [4.69, 9.17) is 0 Å². The van der Waals surface area contributed by atoms with Crippen LogP contribution in [0.5, 0.6) is 0 Å². The number of benzene rings is 2. The van der Waals surface area contributed by atoms with Crippen molar-refractivity contribution in [3.8, 4) is 0 Å². The largest absolute Gasteiger partial charge is 0.468 e. The molecule has 0 aliphatic carbocycles. The van der Waals surface area contributed by atoms with E-state index in [0.29, 0.717) is 5.56 Å². The second-order valence-electron chi connectivity index (χ2n) is 5.60. The molecule has 2 aromatic carbocycles. The Bertz CT molecular complexity index is 955. The number of methoxy groups -OCH3 is 1. The normalized spacial score (nSPS) is 11.0. The zero-order valence-electron chi connectivity index (χ0n) is 14.5. The number of sulfonamides is 1. The Morgan fingerprint density at radius 1 is 1.19 bits per heavy atom. The maximum Gasteiger partial charge on any atom is 0.326 e. The number of nitro benzene ring substituents is 1. The molecule has 0 N–H and O–H groups in total. The summed E-state index contributed by atoms with van der Waals surface area (Å²) < 4.78 is 31.7. The average molecular weight is 378 g/mol. The van der Waals surface area contributed by atoms with Crippen molar-refractivity contribution in [1.29, 1.82) is 0 Å². The van der Waals surface area contributed by atoms with Crippen molar-refractivity contribution in [1.82, 2.24) is 0 Å². The highest BCUT2D eigenvalue weighted by Gasteiger charge is 2.33. The molecule has 8 nitrogen and oxygen atoms in total. The van der Waals surface area contributed by atoms with Gasteiger partial charge in [0.05, 0.1) is 17.7 Å². The van der Waals surface area contributed by atoms with Crippen LogP contribution in [0.4, 0.5) is 11.4 Å². The summed E-state index contributed by atoms with van der Waals surface area (Å²) in [7, 11) is -3.24. The molecule has 0 aromatic heterocycles. The van der Waals surface area contributed by atoms with Crippen LogP contribution < -0.4 is 4.31 Å². The SMILES string of the molecule is COC(=O)CN(c1ccc(C)cc1C)S(=O)(=O)c1ccccc1[N+](=O)[O-]. The first kappa shape index (κ1) is 19.4. The van der Waals surface area contributed by atoms with E-state index in [9.17, 15) is 23.3 Å². The molecular weight excluding hydrogens is 360 g/mol. The molecule has 0 saturated heterocycles. The topological polar surface area (TPSA) is 107 Å². The summed E-state index contributed by atoms with van der Waals surface area (Å²) >= 11 is 0. The van der Waals surface area contributed by atoms with E-state index in [2.05, 4.69) is 4.74 Å². The predicted octanol–water partition coefficient (Wildman–Crippen LogP) is 2.58. The molecule has 2 aromatic rings. The van der Waals surface area contributed by atoms with Gasteiger partial charge in [-0.15, -0.1) is 0 Å². The van der Waals surface area contributed by atoms with Crippen molar-refractivity contribution in [2.45, 2.75) is 18.7 Å². The van der Waals surface area contributed by atoms with Crippen LogP contribution in [-0.2, 0) is 19.6 Å². The van der Waals surface area contributed by atoms with Crippen LogP contribution in [-0.4, -0.2) is 33.0 Å². The summed E-state index contributed by atoms with van der Waals surface area (Å²) in [5.41, 5.74) is 1.20. The van der Waals surface area contributed by atoms with Gasteiger partial charge in [-0.1, -0.05) is 29.8 Å². The van der Waals surface area contributed by atoms with E-state index in [1.807, 2.05) is 6.92 Å².